The maximum Gasteiger partial charge on any atom is 0.128 e. The molecule has 0 spiro atoms. The molecule has 1 heterocycles. The van der Waals surface area contributed by atoms with Crippen molar-refractivity contribution in [3.8, 4) is 5.75 Å². The van der Waals surface area contributed by atoms with E-state index < -0.39 is 0 Å². The molecule has 0 aliphatic carbocycles. The van der Waals surface area contributed by atoms with Gasteiger partial charge in [0.25, 0.3) is 0 Å². The molecule has 0 unspecified atom stereocenters. The zero-order chi connectivity index (χ0) is 9.97. The van der Waals surface area contributed by atoms with Crippen LogP contribution < -0.4 is 10.1 Å². The van der Waals surface area contributed by atoms with E-state index in [9.17, 15) is 4.39 Å². The second-order valence-electron chi connectivity index (χ2n) is 3.49. The third kappa shape index (κ3) is 1.60. The highest BCUT2D eigenvalue weighted by Gasteiger charge is 2.15. The van der Waals surface area contributed by atoms with Crippen LogP contribution in [-0.2, 0) is 13.0 Å². The van der Waals surface area contributed by atoms with Crippen molar-refractivity contribution in [2.24, 2.45) is 0 Å². The predicted octanol–water partition coefficient (Wildman–Crippen LogP) is 1.87. The lowest BCUT2D eigenvalue weighted by Gasteiger charge is -2.11. The van der Waals surface area contributed by atoms with Crippen molar-refractivity contribution < 1.29 is 9.13 Å². The van der Waals surface area contributed by atoms with Gasteiger partial charge in [0.2, 0.25) is 0 Å². The first-order valence-corrected chi connectivity index (χ1v) is 4.88. The van der Waals surface area contributed by atoms with E-state index in [0.29, 0.717) is 6.54 Å². The van der Waals surface area contributed by atoms with Crippen molar-refractivity contribution in [2.75, 3.05) is 13.7 Å². The van der Waals surface area contributed by atoms with Gasteiger partial charge in [-0.15, -0.1) is 0 Å². The summed E-state index contributed by atoms with van der Waals surface area (Å²) in [6.45, 7) is 1.55. The number of methoxy groups -OCH3 is 1. The van der Waals surface area contributed by atoms with Crippen LogP contribution in [0, 0.1) is 5.82 Å². The number of benzene rings is 1. The third-order valence-electron chi connectivity index (χ3n) is 2.63. The second kappa shape index (κ2) is 3.96. The normalized spacial score (nSPS) is 15.9. The van der Waals surface area contributed by atoms with Crippen LogP contribution in [0.3, 0.4) is 0 Å². The monoisotopic (exact) mass is 195 g/mol. The van der Waals surface area contributed by atoms with E-state index in [0.717, 1.165) is 36.3 Å². The molecule has 1 aromatic carbocycles. The lowest BCUT2D eigenvalue weighted by Crippen LogP contribution is -2.13. The second-order valence-corrected chi connectivity index (χ2v) is 3.49. The fourth-order valence-electron chi connectivity index (χ4n) is 1.90. The quantitative estimate of drug-likeness (QED) is 0.738. The van der Waals surface area contributed by atoms with E-state index >= 15 is 0 Å². The van der Waals surface area contributed by atoms with E-state index in [-0.39, 0.29) is 5.82 Å². The molecule has 3 heteroatoms. The van der Waals surface area contributed by atoms with Gasteiger partial charge in [-0.05, 0) is 31.5 Å². The number of ether oxygens (including phenoxy) is 1. The molecule has 1 aromatic rings. The van der Waals surface area contributed by atoms with Gasteiger partial charge in [-0.1, -0.05) is 0 Å². The summed E-state index contributed by atoms with van der Waals surface area (Å²) in [4.78, 5) is 0. The van der Waals surface area contributed by atoms with Gasteiger partial charge in [-0.2, -0.15) is 0 Å². The van der Waals surface area contributed by atoms with Crippen LogP contribution >= 0.6 is 0 Å². The van der Waals surface area contributed by atoms with Gasteiger partial charge in [0.15, 0.2) is 0 Å². The van der Waals surface area contributed by atoms with Crippen molar-refractivity contribution in [3.63, 3.8) is 0 Å². The molecule has 1 aliphatic rings. The molecule has 0 saturated heterocycles. The average molecular weight is 195 g/mol. The number of hydrogen-bond acceptors (Lipinski definition) is 2. The first-order valence-electron chi connectivity index (χ1n) is 4.88. The standard InChI is InChI=1S/C11H14FNO/c1-14-11-5-4-10(12)9-7-13-6-2-3-8(9)11/h4-5,13H,2-3,6-7H2,1H3. The van der Waals surface area contributed by atoms with Crippen LogP contribution in [0.5, 0.6) is 5.75 Å². The number of hydrogen-bond donors (Lipinski definition) is 1. The van der Waals surface area contributed by atoms with Crippen molar-refractivity contribution in [3.05, 3.63) is 29.1 Å². The van der Waals surface area contributed by atoms with Gasteiger partial charge in [-0.3, -0.25) is 0 Å². The first-order chi connectivity index (χ1) is 6.83. The molecule has 0 radical (unpaired) electrons. The van der Waals surface area contributed by atoms with E-state index in [4.69, 9.17) is 4.74 Å². The van der Waals surface area contributed by atoms with Crippen LogP contribution in [0.2, 0.25) is 0 Å². The minimum atomic E-state index is -0.129. The highest BCUT2D eigenvalue weighted by atomic mass is 19.1. The van der Waals surface area contributed by atoms with Crippen LogP contribution in [0.25, 0.3) is 0 Å². The topological polar surface area (TPSA) is 21.3 Å². The minimum absolute atomic E-state index is 0.129. The Kier molecular flexibility index (Phi) is 2.68. The van der Waals surface area contributed by atoms with Crippen LogP contribution in [0.1, 0.15) is 17.5 Å². The van der Waals surface area contributed by atoms with Gasteiger partial charge in [0.05, 0.1) is 7.11 Å². The summed E-state index contributed by atoms with van der Waals surface area (Å²) in [5.41, 5.74) is 1.79. The summed E-state index contributed by atoms with van der Waals surface area (Å²) in [6.07, 6.45) is 1.93. The smallest absolute Gasteiger partial charge is 0.128 e. The van der Waals surface area contributed by atoms with Crippen LogP contribution in [-0.4, -0.2) is 13.7 Å². The van der Waals surface area contributed by atoms with Gasteiger partial charge in [-0.25, -0.2) is 4.39 Å². The molecule has 2 rings (SSSR count). The lowest BCUT2D eigenvalue weighted by atomic mass is 10.0. The molecule has 1 aliphatic heterocycles. The molecule has 14 heavy (non-hydrogen) atoms. The fourth-order valence-corrected chi connectivity index (χ4v) is 1.90. The minimum Gasteiger partial charge on any atom is -0.496 e. The summed E-state index contributed by atoms with van der Waals surface area (Å²) < 4.78 is 18.7. The van der Waals surface area contributed by atoms with E-state index in [1.54, 1.807) is 13.2 Å². The summed E-state index contributed by atoms with van der Waals surface area (Å²) in [7, 11) is 1.63. The largest absolute Gasteiger partial charge is 0.496 e. The Hall–Kier alpha value is -1.09. The van der Waals surface area contributed by atoms with Gasteiger partial charge < -0.3 is 10.1 Å². The molecule has 0 fully saturated rings. The SMILES string of the molecule is COc1ccc(F)c2c1CCCNC2. The Labute approximate surface area is 83.1 Å². The first kappa shape index (κ1) is 9.46. The maximum absolute atomic E-state index is 13.5. The average Bonchev–Trinajstić information content (AvgIpc) is 2.44. The zero-order valence-electron chi connectivity index (χ0n) is 8.27. The van der Waals surface area contributed by atoms with E-state index in [2.05, 4.69) is 5.32 Å². The molecule has 1 N–H and O–H groups in total. The van der Waals surface area contributed by atoms with Crippen LogP contribution in [0.15, 0.2) is 12.1 Å². The summed E-state index contributed by atoms with van der Waals surface area (Å²) in [5, 5.41) is 3.20. The highest BCUT2D eigenvalue weighted by molar-refractivity contribution is 5.41. The molecule has 0 saturated carbocycles. The van der Waals surface area contributed by atoms with Gasteiger partial charge in [0, 0.05) is 17.7 Å². The number of rotatable bonds is 1. The molecular weight excluding hydrogens is 181 g/mol. The van der Waals surface area contributed by atoms with Crippen LogP contribution in [0.4, 0.5) is 4.39 Å². The van der Waals surface area contributed by atoms with Crippen molar-refractivity contribution in [2.45, 2.75) is 19.4 Å². The molecule has 76 valence electrons. The van der Waals surface area contributed by atoms with E-state index in [1.807, 2.05) is 0 Å². The van der Waals surface area contributed by atoms with Crippen molar-refractivity contribution in [1.82, 2.24) is 5.32 Å². The van der Waals surface area contributed by atoms with Crippen molar-refractivity contribution in [1.29, 1.82) is 0 Å². The Bertz CT molecular complexity index is 338. The van der Waals surface area contributed by atoms with Crippen molar-refractivity contribution >= 4 is 0 Å². The lowest BCUT2D eigenvalue weighted by molar-refractivity contribution is 0.407. The molecule has 0 aromatic heterocycles. The van der Waals surface area contributed by atoms with E-state index in [1.165, 1.54) is 6.07 Å². The Morgan fingerprint density at radius 2 is 2.21 bits per heavy atom. The fraction of sp³-hybridized carbons (Fsp3) is 0.455. The predicted molar refractivity (Wildman–Crippen MR) is 53.0 cm³/mol. The van der Waals surface area contributed by atoms with Gasteiger partial charge in [0.1, 0.15) is 11.6 Å². The van der Waals surface area contributed by atoms with Gasteiger partial charge >= 0.3 is 0 Å². The summed E-state index contributed by atoms with van der Waals surface area (Å²) in [5.74, 6) is 0.681. The zero-order valence-corrected chi connectivity index (χ0v) is 8.27. The molecule has 0 bridgehead atoms. The Morgan fingerprint density at radius 3 is 3.00 bits per heavy atom. The molecule has 2 nitrogen and oxygen atoms in total. The maximum atomic E-state index is 13.5. The number of nitrogens with one attached hydrogen (secondary N) is 1. The molecular formula is C11H14FNO. The summed E-state index contributed by atoms with van der Waals surface area (Å²) in [6, 6.07) is 3.18. The number of fused-ring (bicyclic) bond motifs is 1. The number of halogens is 1. The Balaban J connectivity index is 2.49. The molecule has 0 amide bonds. The third-order valence-corrected chi connectivity index (χ3v) is 2.63. The highest BCUT2D eigenvalue weighted by Crippen LogP contribution is 2.27. The Morgan fingerprint density at radius 1 is 1.36 bits per heavy atom. The summed E-state index contributed by atoms with van der Waals surface area (Å²) >= 11 is 0. The molecule has 0 atom stereocenters.